The van der Waals surface area contributed by atoms with E-state index in [0.29, 0.717) is 11.0 Å². The second-order valence-electron chi connectivity index (χ2n) is 8.86. The van der Waals surface area contributed by atoms with Gasteiger partial charge in [-0.25, -0.2) is 9.78 Å². The van der Waals surface area contributed by atoms with Crippen LogP contribution in [0.15, 0.2) is 21.7 Å². The average Bonchev–Trinajstić information content (AvgIpc) is 2.80. The molecule has 0 fully saturated rings. The van der Waals surface area contributed by atoms with Crippen LogP contribution < -0.4 is 11.2 Å². The maximum absolute atomic E-state index is 12.6. The molecule has 0 unspecified atom stereocenters. The van der Waals surface area contributed by atoms with E-state index in [4.69, 9.17) is 18.9 Å². The van der Waals surface area contributed by atoms with E-state index in [1.165, 1.54) is 4.57 Å². The number of carbonyl (C=O) groups is 4. The second-order valence-corrected chi connectivity index (χ2v) is 8.86. The Balaban J connectivity index is 2.28. The van der Waals surface area contributed by atoms with Crippen LogP contribution in [0.5, 0.6) is 0 Å². The van der Waals surface area contributed by atoms with Crippen LogP contribution in [0.25, 0.3) is 22.6 Å². The van der Waals surface area contributed by atoms with Crippen molar-refractivity contribution in [2.75, 3.05) is 6.61 Å². The molecule has 3 atom stereocenters. The molecule has 0 bridgehead atoms. The van der Waals surface area contributed by atoms with E-state index in [0.717, 1.165) is 38.8 Å². The molecule has 208 valence electrons. The molecule has 1 N–H and O–H groups in total. The molecular weight excluding hydrogens is 516 g/mol. The fourth-order valence-electron chi connectivity index (χ4n) is 4.03. The number of fused-ring (bicyclic) bond motifs is 2. The molecule has 0 aromatic heterocycles. The van der Waals surface area contributed by atoms with E-state index >= 15 is 0 Å². The summed E-state index contributed by atoms with van der Waals surface area (Å²) in [7, 11) is 0. The summed E-state index contributed by atoms with van der Waals surface area (Å²) in [6, 6.07) is 3.48. The molecule has 0 spiro atoms. The van der Waals surface area contributed by atoms with Gasteiger partial charge in [-0.1, -0.05) is 0 Å². The van der Waals surface area contributed by atoms with E-state index in [1.54, 1.807) is 12.1 Å². The molecule has 14 heteroatoms. The van der Waals surface area contributed by atoms with Crippen LogP contribution in [0.3, 0.4) is 0 Å². The second kappa shape index (κ2) is 11.8. The third-order valence-electron chi connectivity index (χ3n) is 5.71. The van der Waals surface area contributed by atoms with Gasteiger partial charge < -0.3 is 23.5 Å². The van der Waals surface area contributed by atoms with Gasteiger partial charge in [0.05, 0.1) is 17.6 Å². The summed E-state index contributed by atoms with van der Waals surface area (Å²) in [6.45, 7) is 7.29. The van der Waals surface area contributed by atoms with Gasteiger partial charge in [0, 0.05) is 27.7 Å². The van der Waals surface area contributed by atoms with Gasteiger partial charge in [0.1, 0.15) is 6.61 Å². The fourth-order valence-corrected chi connectivity index (χ4v) is 4.03. The van der Waals surface area contributed by atoms with Gasteiger partial charge in [0.2, 0.25) is 0 Å². The van der Waals surface area contributed by atoms with Crippen LogP contribution >= 0.6 is 0 Å². The molecule has 39 heavy (non-hydrogen) atoms. The lowest BCUT2D eigenvalue weighted by molar-refractivity contribution is -0.190. The molecule has 2 aliphatic rings. The lowest BCUT2D eigenvalue weighted by Crippen LogP contribution is -2.49. The van der Waals surface area contributed by atoms with Crippen LogP contribution in [0.4, 0.5) is 0 Å². The number of hydrogen-bond donors (Lipinski definition) is 1. The highest BCUT2D eigenvalue weighted by molar-refractivity contribution is 5.81. The third kappa shape index (κ3) is 7.03. The Hall–Kier alpha value is -4.62. The molecule has 1 aromatic carbocycles. The molecule has 1 aromatic rings. The number of nitrogens with one attached hydrogen (secondary N) is 1. The minimum absolute atomic E-state index is 0.123. The van der Waals surface area contributed by atoms with Crippen molar-refractivity contribution in [1.82, 2.24) is 19.5 Å². The van der Waals surface area contributed by atoms with Crippen molar-refractivity contribution in [3.05, 3.63) is 44.1 Å². The van der Waals surface area contributed by atoms with Crippen molar-refractivity contribution in [3.63, 3.8) is 0 Å². The summed E-state index contributed by atoms with van der Waals surface area (Å²) in [5, 5.41) is 0. The molecule has 2 heterocycles. The van der Waals surface area contributed by atoms with Gasteiger partial charge in [-0.3, -0.25) is 29.0 Å². The SMILES string of the molecule is CC(=O)OC[C@@H](OC(C)=O)[C@@H](OC(C)=O)[C@@H](Cn1c2nc(=O)[nH]c(=O)c-2nc2cc(C)c(C)cc21)OC(C)=O. The molecular formula is C25H28N4O10. The van der Waals surface area contributed by atoms with E-state index in [-0.39, 0.29) is 18.1 Å². The first kappa shape index (κ1) is 28.9. The summed E-state index contributed by atoms with van der Waals surface area (Å²) in [5.74, 6) is -3.20. The van der Waals surface area contributed by atoms with Gasteiger partial charge >= 0.3 is 29.6 Å². The number of aromatic nitrogens is 4. The summed E-state index contributed by atoms with van der Waals surface area (Å²) < 4.78 is 22.7. The summed E-state index contributed by atoms with van der Waals surface area (Å²) in [5.41, 5.74) is 0.637. The predicted octanol–water partition coefficient (Wildman–Crippen LogP) is 0.560. The van der Waals surface area contributed by atoms with Crippen molar-refractivity contribution in [2.24, 2.45) is 0 Å². The predicted molar refractivity (Wildman–Crippen MR) is 134 cm³/mol. The molecule has 3 rings (SSSR count). The molecule has 0 saturated carbocycles. The number of aryl methyl sites for hydroxylation is 2. The summed E-state index contributed by atoms with van der Waals surface area (Å²) in [4.78, 5) is 82.8. The Morgan fingerprint density at radius 3 is 2.03 bits per heavy atom. The highest BCUT2D eigenvalue weighted by Crippen LogP contribution is 2.26. The molecule has 14 nitrogen and oxygen atoms in total. The number of esters is 4. The van der Waals surface area contributed by atoms with Crippen molar-refractivity contribution in [3.8, 4) is 11.5 Å². The van der Waals surface area contributed by atoms with Crippen molar-refractivity contribution in [1.29, 1.82) is 0 Å². The van der Waals surface area contributed by atoms with Crippen LogP contribution in [-0.2, 0) is 44.7 Å². The van der Waals surface area contributed by atoms with E-state index in [9.17, 15) is 28.8 Å². The van der Waals surface area contributed by atoms with E-state index in [1.807, 2.05) is 13.8 Å². The number of rotatable bonds is 9. The largest absolute Gasteiger partial charge is 0.462 e. The fraction of sp³-hybridized carbons (Fsp3) is 0.440. The third-order valence-corrected chi connectivity index (χ3v) is 5.71. The van der Waals surface area contributed by atoms with Crippen molar-refractivity contribution >= 4 is 34.9 Å². The normalized spacial score (nSPS) is 13.4. The van der Waals surface area contributed by atoms with Crippen molar-refractivity contribution < 1.29 is 38.1 Å². The Kier molecular flexibility index (Phi) is 8.78. The highest BCUT2D eigenvalue weighted by Gasteiger charge is 2.39. The minimum atomic E-state index is -1.47. The molecule has 0 amide bonds. The number of ether oxygens (including phenoxy) is 4. The van der Waals surface area contributed by atoms with Crippen LogP contribution in [0.2, 0.25) is 0 Å². The van der Waals surface area contributed by atoms with E-state index < -0.39 is 60.0 Å². The van der Waals surface area contributed by atoms with Gasteiger partial charge in [-0.2, -0.15) is 4.98 Å². The maximum atomic E-state index is 12.6. The number of benzene rings is 1. The van der Waals surface area contributed by atoms with Crippen molar-refractivity contribution in [2.45, 2.75) is 66.4 Å². The highest BCUT2D eigenvalue weighted by atomic mass is 16.6. The van der Waals surface area contributed by atoms with Gasteiger partial charge in [-0.05, 0) is 37.1 Å². The summed E-state index contributed by atoms with van der Waals surface area (Å²) >= 11 is 0. The number of H-pyrrole nitrogens is 1. The maximum Gasteiger partial charge on any atom is 0.349 e. The number of hydrogen-bond acceptors (Lipinski definition) is 12. The van der Waals surface area contributed by atoms with Gasteiger partial charge in [0.15, 0.2) is 29.8 Å². The Morgan fingerprint density at radius 2 is 1.44 bits per heavy atom. The Labute approximate surface area is 221 Å². The average molecular weight is 545 g/mol. The molecule has 0 aliphatic carbocycles. The van der Waals surface area contributed by atoms with Gasteiger partial charge in [0.25, 0.3) is 5.56 Å². The molecule has 0 saturated heterocycles. The number of carbonyl (C=O) groups excluding carboxylic acids is 4. The van der Waals surface area contributed by atoms with Crippen LogP contribution in [0, 0.1) is 13.8 Å². The Morgan fingerprint density at radius 1 is 0.846 bits per heavy atom. The standard InChI is InChI=1S/C25H28N4O10/c1-11-7-17-18(8-12(11)2)29(23-21(26-17)24(34)28-25(35)27-23)9-19(37-14(4)31)22(39-16(6)33)20(38-15(5)32)10-36-13(3)30/h7-8,19-20,22H,9-10H2,1-6H3,(H,28,34,35)/t19-,20-,22+/m1/s1. The first-order valence-electron chi connectivity index (χ1n) is 11.8. The first-order valence-corrected chi connectivity index (χ1v) is 11.8. The minimum Gasteiger partial charge on any atom is -0.462 e. The smallest absolute Gasteiger partial charge is 0.349 e. The van der Waals surface area contributed by atoms with Gasteiger partial charge in [-0.15, -0.1) is 0 Å². The molecule has 0 radical (unpaired) electrons. The van der Waals surface area contributed by atoms with Crippen LogP contribution in [0.1, 0.15) is 38.8 Å². The number of aromatic amines is 1. The zero-order valence-corrected chi connectivity index (χ0v) is 22.2. The van der Waals surface area contributed by atoms with E-state index in [2.05, 4.69) is 15.0 Å². The lowest BCUT2D eigenvalue weighted by Gasteiger charge is -2.32. The first-order chi connectivity index (χ1) is 18.3. The number of nitrogens with zero attached hydrogens (tertiary/aromatic N) is 3. The quantitative estimate of drug-likeness (QED) is 0.224. The monoisotopic (exact) mass is 544 g/mol. The zero-order valence-electron chi connectivity index (χ0n) is 22.2. The zero-order chi connectivity index (χ0) is 29.0. The summed E-state index contributed by atoms with van der Waals surface area (Å²) in [6.07, 6.45) is -4.22. The molecule has 2 aliphatic heterocycles. The topological polar surface area (TPSA) is 186 Å². The van der Waals surface area contributed by atoms with Crippen LogP contribution in [-0.4, -0.2) is 68.3 Å². The Bertz CT molecular complexity index is 1530. The lowest BCUT2D eigenvalue weighted by atomic mass is 10.1.